The number of aromatic nitrogens is 5. The molecule has 8 nitrogen and oxygen atoms in total. The molecule has 0 aliphatic carbocycles. The lowest BCUT2D eigenvalue weighted by atomic mass is 9.92. The fourth-order valence-corrected chi connectivity index (χ4v) is 6.86. The molecule has 1 saturated heterocycles. The first kappa shape index (κ1) is 22.2. The number of fused-ring (bicyclic) bond motifs is 2. The number of thioether (sulfide) groups is 1. The molecule has 33 heavy (non-hydrogen) atoms. The fourth-order valence-electron chi connectivity index (χ4n) is 4.80. The van der Waals surface area contributed by atoms with Gasteiger partial charge in [-0.1, -0.05) is 37.7 Å². The highest BCUT2D eigenvalue weighted by Crippen LogP contribution is 2.31. The summed E-state index contributed by atoms with van der Waals surface area (Å²) in [6, 6.07) is 8.18. The van der Waals surface area contributed by atoms with Gasteiger partial charge in [0.15, 0.2) is 15.5 Å². The van der Waals surface area contributed by atoms with Gasteiger partial charge in [0.05, 0.1) is 10.2 Å². The van der Waals surface area contributed by atoms with E-state index in [4.69, 9.17) is 9.97 Å². The third kappa shape index (κ3) is 4.33. The van der Waals surface area contributed by atoms with Crippen molar-refractivity contribution in [3.8, 4) is 0 Å². The van der Waals surface area contributed by atoms with Gasteiger partial charge >= 0.3 is 5.69 Å². The second kappa shape index (κ2) is 8.98. The van der Waals surface area contributed by atoms with Crippen molar-refractivity contribution >= 4 is 50.4 Å². The van der Waals surface area contributed by atoms with Crippen LogP contribution in [0, 0.1) is 11.8 Å². The minimum Gasteiger partial charge on any atom is -0.342 e. The van der Waals surface area contributed by atoms with E-state index in [9.17, 15) is 9.59 Å². The SMILES string of the molecule is C[C@H]1C[C@H](C)CN(c2nc3c(c(=O)[nH]c(=O)n3C)n2CCCSc2nc3ccccc3s2)C1. The van der Waals surface area contributed by atoms with Crippen molar-refractivity contribution in [1.82, 2.24) is 24.1 Å². The zero-order valence-corrected chi connectivity index (χ0v) is 20.7. The molecule has 0 saturated carbocycles. The molecule has 0 spiro atoms. The van der Waals surface area contributed by atoms with E-state index < -0.39 is 5.69 Å². The van der Waals surface area contributed by atoms with Gasteiger partial charge < -0.3 is 9.47 Å². The smallest absolute Gasteiger partial charge is 0.329 e. The van der Waals surface area contributed by atoms with Crippen molar-refractivity contribution in [2.24, 2.45) is 18.9 Å². The lowest BCUT2D eigenvalue weighted by Crippen LogP contribution is -2.40. The van der Waals surface area contributed by atoms with Crippen molar-refractivity contribution in [1.29, 1.82) is 0 Å². The van der Waals surface area contributed by atoms with E-state index in [1.54, 1.807) is 30.1 Å². The first-order valence-electron chi connectivity index (χ1n) is 11.3. The van der Waals surface area contributed by atoms with Gasteiger partial charge in [0.25, 0.3) is 5.56 Å². The number of aryl methyl sites for hydroxylation is 2. The summed E-state index contributed by atoms with van der Waals surface area (Å²) < 4.78 is 5.70. The van der Waals surface area contributed by atoms with E-state index in [-0.39, 0.29) is 5.56 Å². The molecule has 174 valence electrons. The molecular formula is C23H28N6O2S2. The Balaban J connectivity index is 1.42. The van der Waals surface area contributed by atoms with Gasteiger partial charge in [-0.2, -0.15) is 4.98 Å². The summed E-state index contributed by atoms with van der Waals surface area (Å²) in [5.41, 5.74) is 1.15. The number of nitrogens with one attached hydrogen (secondary N) is 1. The average Bonchev–Trinajstić information content (AvgIpc) is 3.36. The maximum absolute atomic E-state index is 12.8. The highest BCUT2D eigenvalue weighted by atomic mass is 32.2. The van der Waals surface area contributed by atoms with Crippen molar-refractivity contribution in [3.05, 3.63) is 45.1 Å². The first-order chi connectivity index (χ1) is 15.9. The molecule has 2 atom stereocenters. The van der Waals surface area contributed by atoms with Crippen LogP contribution in [0.25, 0.3) is 21.4 Å². The molecule has 3 aromatic heterocycles. The summed E-state index contributed by atoms with van der Waals surface area (Å²) in [7, 11) is 1.66. The molecule has 5 rings (SSSR count). The third-order valence-corrected chi connectivity index (χ3v) is 8.43. The Morgan fingerprint density at radius 1 is 1.15 bits per heavy atom. The Morgan fingerprint density at radius 2 is 1.91 bits per heavy atom. The first-order valence-corrected chi connectivity index (χ1v) is 13.1. The number of nitrogens with zero attached hydrogens (tertiary/aromatic N) is 5. The quantitative estimate of drug-likeness (QED) is 0.332. The number of imidazole rings is 1. The zero-order valence-electron chi connectivity index (χ0n) is 19.1. The van der Waals surface area contributed by atoms with Gasteiger partial charge in [-0.25, -0.2) is 9.78 Å². The van der Waals surface area contributed by atoms with E-state index >= 15 is 0 Å². The summed E-state index contributed by atoms with van der Waals surface area (Å²) in [6.07, 6.45) is 2.05. The number of hydrogen-bond acceptors (Lipinski definition) is 7. The van der Waals surface area contributed by atoms with Crippen LogP contribution >= 0.6 is 23.1 Å². The number of anilines is 1. The predicted octanol–water partition coefficient (Wildman–Crippen LogP) is 3.70. The van der Waals surface area contributed by atoms with Crippen molar-refractivity contribution in [3.63, 3.8) is 0 Å². The maximum atomic E-state index is 12.8. The highest BCUT2D eigenvalue weighted by molar-refractivity contribution is 8.01. The van der Waals surface area contributed by atoms with Gasteiger partial charge in [0.1, 0.15) is 0 Å². The second-order valence-electron chi connectivity index (χ2n) is 9.05. The Morgan fingerprint density at radius 3 is 2.67 bits per heavy atom. The van der Waals surface area contributed by atoms with Crippen molar-refractivity contribution < 1.29 is 0 Å². The highest BCUT2D eigenvalue weighted by Gasteiger charge is 2.27. The predicted molar refractivity (Wildman–Crippen MR) is 136 cm³/mol. The number of aromatic amines is 1. The van der Waals surface area contributed by atoms with E-state index in [1.807, 2.05) is 22.8 Å². The molecule has 0 unspecified atom stereocenters. The van der Waals surface area contributed by atoms with Gasteiger partial charge in [-0.05, 0) is 36.8 Å². The molecule has 0 bridgehead atoms. The minimum atomic E-state index is -0.435. The third-order valence-electron chi connectivity index (χ3n) is 6.16. The number of benzene rings is 1. The number of para-hydroxylation sites is 1. The number of hydrogen-bond donors (Lipinski definition) is 1. The van der Waals surface area contributed by atoms with Gasteiger partial charge in [0.2, 0.25) is 5.95 Å². The number of H-pyrrole nitrogens is 1. The normalized spacial score (nSPS) is 19.1. The van der Waals surface area contributed by atoms with Crippen LogP contribution in [0.15, 0.2) is 38.2 Å². The van der Waals surface area contributed by atoms with Crippen LogP contribution in [-0.4, -0.2) is 42.9 Å². The summed E-state index contributed by atoms with van der Waals surface area (Å²) in [5.74, 6) is 2.78. The molecule has 1 fully saturated rings. The largest absolute Gasteiger partial charge is 0.342 e. The number of piperidine rings is 1. The van der Waals surface area contributed by atoms with Crippen LogP contribution in [0.2, 0.25) is 0 Å². The Kier molecular flexibility index (Phi) is 6.05. The molecule has 4 aromatic rings. The molecule has 1 N–H and O–H groups in total. The summed E-state index contributed by atoms with van der Waals surface area (Å²) in [5, 5.41) is 0. The van der Waals surface area contributed by atoms with Gasteiger partial charge in [0, 0.05) is 32.4 Å². The number of rotatable bonds is 6. The van der Waals surface area contributed by atoms with Crippen LogP contribution < -0.4 is 16.1 Å². The zero-order chi connectivity index (χ0) is 23.1. The van der Waals surface area contributed by atoms with E-state index in [1.165, 1.54) is 15.7 Å². The molecule has 0 radical (unpaired) electrons. The van der Waals surface area contributed by atoms with E-state index in [2.05, 4.69) is 29.8 Å². The fraction of sp³-hybridized carbons (Fsp3) is 0.478. The summed E-state index contributed by atoms with van der Waals surface area (Å²) in [6.45, 7) is 6.98. The van der Waals surface area contributed by atoms with Gasteiger partial charge in [-0.3, -0.25) is 14.3 Å². The van der Waals surface area contributed by atoms with Crippen molar-refractivity contribution in [2.45, 2.75) is 37.6 Å². The van der Waals surface area contributed by atoms with E-state index in [0.717, 1.165) is 41.1 Å². The maximum Gasteiger partial charge on any atom is 0.329 e. The Bertz CT molecular complexity index is 1380. The molecule has 1 aliphatic heterocycles. The number of thiazole rings is 1. The van der Waals surface area contributed by atoms with Crippen LogP contribution in [0.1, 0.15) is 26.7 Å². The Hall–Kier alpha value is -2.59. The van der Waals surface area contributed by atoms with Crippen LogP contribution in [0.3, 0.4) is 0 Å². The monoisotopic (exact) mass is 484 g/mol. The lowest BCUT2D eigenvalue weighted by Gasteiger charge is -2.35. The molecule has 10 heteroatoms. The Labute approximate surface area is 199 Å². The molecular weight excluding hydrogens is 456 g/mol. The lowest BCUT2D eigenvalue weighted by molar-refractivity contribution is 0.351. The summed E-state index contributed by atoms with van der Waals surface area (Å²) >= 11 is 3.46. The molecule has 1 aliphatic rings. The molecule has 4 heterocycles. The van der Waals surface area contributed by atoms with Crippen molar-refractivity contribution in [2.75, 3.05) is 23.7 Å². The molecule has 1 aromatic carbocycles. The second-order valence-corrected chi connectivity index (χ2v) is 11.4. The average molecular weight is 485 g/mol. The van der Waals surface area contributed by atoms with Crippen LogP contribution in [0.5, 0.6) is 0 Å². The van der Waals surface area contributed by atoms with Crippen LogP contribution in [-0.2, 0) is 13.6 Å². The van der Waals surface area contributed by atoms with E-state index in [0.29, 0.717) is 29.5 Å². The summed E-state index contributed by atoms with van der Waals surface area (Å²) in [4.78, 5) is 39.2. The molecule has 0 amide bonds. The topological polar surface area (TPSA) is 88.8 Å². The van der Waals surface area contributed by atoms with Crippen LogP contribution in [0.4, 0.5) is 5.95 Å². The van der Waals surface area contributed by atoms with Gasteiger partial charge in [-0.15, -0.1) is 11.3 Å². The standard InChI is InChI=1S/C23H28N6O2S2/c1-14-11-15(2)13-28(12-14)21-25-19-18(20(30)26-22(31)27(19)3)29(21)9-6-10-32-23-24-16-7-4-5-8-17(16)33-23/h4-5,7-8,14-15H,6,9-13H2,1-3H3,(H,26,30,31)/t14-,15-/m0/s1. The minimum absolute atomic E-state index is 0.371.